The number of rotatable bonds is 1. The lowest BCUT2D eigenvalue weighted by Gasteiger charge is -2.11. The summed E-state index contributed by atoms with van der Waals surface area (Å²) in [4.78, 5) is 0. The minimum atomic E-state index is -3.52. The van der Waals surface area contributed by atoms with E-state index in [1.54, 1.807) is 0 Å². The molecule has 1 atom stereocenters. The Labute approximate surface area is 44.4 Å². The van der Waals surface area contributed by atoms with Gasteiger partial charge in [-0.15, -0.1) is 0 Å². The van der Waals surface area contributed by atoms with Crippen LogP contribution in [0.2, 0.25) is 0 Å². The summed E-state index contributed by atoms with van der Waals surface area (Å²) in [5.74, 6) is -3.52. The van der Waals surface area contributed by atoms with E-state index in [-0.39, 0.29) is 0 Å². The molecule has 0 aromatic carbocycles. The van der Waals surface area contributed by atoms with E-state index in [0.717, 1.165) is 6.07 Å². The molecule has 0 aliphatic rings. The third-order valence-electron chi connectivity index (χ3n) is 0.453. The van der Waals surface area contributed by atoms with E-state index in [4.69, 9.17) is 20.6 Å². The Morgan fingerprint density at radius 2 is 1.88 bits per heavy atom. The first-order chi connectivity index (χ1) is 3.48. The van der Waals surface area contributed by atoms with Gasteiger partial charge in [0.15, 0.2) is 0 Å². The van der Waals surface area contributed by atoms with Crippen molar-refractivity contribution in [3.05, 3.63) is 0 Å². The SMILES string of the molecule is N#CC(F)C(O)(O)O. The molecule has 0 saturated heterocycles. The molecule has 0 aliphatic carbocycles. The average Bonchev–Trinajstić information content (AvgIpc) is 1.62. The van der Waals surface area contributed by atoms with Crippen LogP contribution in [0.25, 0.3) is 0 Å². The van der Waals surface area contributed by atoms with Crippen molar-refractivity contribution in [3.8, 4) is 6.07 Å². The molecule has 0 bridgehead atoms. The fourth-order valence-electron chi connectivity index (χ4n) is 0.0866. The largest absolute Gasteiger partial charge is 0.340 e. The van der Waals surface area contributed by atoms with Crippen molar-refractivity contribution in [2.24, 2.45) is 0 Å². The van der Waals surface area contributed by atoms with Crippen LogP contribution in [-0.2, 0) is 0 Å². The molecule has 0 spiro atoms. The number of hydrogen-bond acceptors (Lipinski definition) is 4. The third-order valence-corrected chi connectivity index (χ3v) is 0.453. The standard InChI is InChI=1S/C3H4FNO3/c4-2(1-5)3(6,7)8/h2,6-8H. The molecule has 0 radical (unpaired) electrons. The van der Waals surface area contributed by atoms with Crippen molar-refractivity contribution in [2.75, 3.05) is 0 Å². The molecule has 46 valence electrons. The molecule has 4 nitrogen and oxygen atoms in total. The first-order valence-corrected chi connectivity index (χ1v) is 1.69. The summed E-state index contributed by atoms with van der Waals surface area (Å²) in [6.45, 7) is 0. The summed E-state index contributed by atoms with van der Waals surface area (Å²) in [5, 5.41) is 31.0. The Hall–Kier alpha value is -0.700. The van der Waals surface area contributed by atoms with Crippen LogP contribution >= 0.6 is 0 Å². The van der Waals surface area contributed by atoms with Gasteiger partial charge >= 0.3 is 5.97 Å². The highest BCUT2D eigenvalue weighted by molar-refractivity contribution is 4.87. The van der Waals surface area contributed by atoms with E-state index < -0.39 is 12.1 Å². The zero-order chi connectivity index (χ0) is 6.78. The summed E-state index contributed by atoms with van der Waals surface area (Å²) in [5.41, 5.74) is 0. The lowest BCUT2D eigenvalue weighted by Crippen LogP contribution is -2.37. The molecule has 0 saturated carbocycles. The Balaban J connectivity index is 3.87. The number of halogens is 1. The fourth-order valence-corrected chi connectivity index (χ4v) is 0.0866. The maximum absolute atomic E-state index is 11.5. The van der Waals surface area contributed by atoms with Gasteiger partial charge < -0.3 is 15.3 Å². The molecule has 0 amide bonds. The maximum atomic E-state index is 11.5. The lowest BCUT2D eigenvalue weighted by atomic mass is 10.4. The second kappa shape index (κ2) is 2.05. The Morgan fingerprint density at radius 1 is 1.50 bits per heavy atom. The number of nitrogens with zero attached hydrogens (tertiary/aromatic N) is 1. The Bertz CT molecular complexity index is 113. The number of nitriles is 1. The summed E-state index contributed by atoms with van der Waals surface area (Å²) in [6, 6.07) is 0.788. The van der Waals surface area contributed by atoms with Gasteiger partial charge in [-0.3, -0.25) is 0 Å². The molecule has 5 heteroatoms. The fraction of sp³-hybridized carbons (Fsp3) is 0.667. The first-order valence-electron chi connectivity index (χ1n) is 1.69. The monoisotopic (exact) mass is 121 g/mol. The average molecular weight is 121 g/mol. The van der Waals surface area contributed by atoms with Gasteiger partial charge in [0, 0.05) is 0 Å². The van der Waals surface area contributed by atoms with Gasteiger partial charge in [0.25, 0.3) is 6.17 Å². The predicted molar refractivity (Wildman–Crippen MR) is 19.9 cm³/mol. The van der Waals surface area contributed by atoms with Crippen LogP contribution in [0.5, 0.6) is 0 Å². The van der Waals surface area contributed by atoms with Gasteiger partial charge in [-0.1, -0.05) is 0 Å². The number of aliphatic hydroxyl groups is 3. The smallest absolute Gasteiger partial charge is 0.322 e. The van der Waals surface area contributed by atoms with Crippen LogP contribution in [0, 0.1) is 11.3 Å². The van der Waals surface area contributed by atoms with Gasteiger partial charge in [-0.05, 0) is 0 Å². The molecule has 0 aliphatic heterocycles. The van der Waals surface area contributed by atoms with E-state index in [9.17, 15) is 4.39 Å². The zero-order valence-electron chi connectivity index (χ0n) is 3.74. The van der Waals surface area contributed by atoms with E-state index in [1.807, 2.05) is 0 Å². The minimum absolute atomic E-state index is 0.788. The van der Waals surface area contributed by atoms with E-state index in [1.165, 1.54) is 0 Å². The molecular formula is C3H4FNO3. The van der Waals surface area contributed by atoms with E-state index in [2.05, 4.69) is 0 Å². The Kier molecular flexibility index (Phi) is 1.87. The molecule has 8 heavy (non-hydrogen) atoms. The van der Waals surface area contributed by atoms with Crippen molar-refractivity contribution >= 4 is 0 Å². The molecule has 1 unspecified atom stereocenters. The summed E-state index contributed by atoms with van der Waals surface area (Å²) in [7, 11) is 0. The highest BCUT2D eigenvalue weighted by Gasteiger charge is 2.31. The lowest BCUT2D eigenvalue weighted by molar-refractivity contribution is -0.331. The third kappa shape index (κ3) is 1.84. The highest BCUT2D eigenvalue weighted by Crippen LogP contribution is 2.03. The van der Waals surface area contributed by atoms with Crippen molar-refractivity contribution in [2.45, 2.75) is 12.1 Å². The molecule has 0 fully saturated rings. The number of hydrogen-bond donors (Lipinski definition) is 3. The quantitative estimate of drug-likeness (QED) is 0.368. The second-order valence-corrected chi connectivity index (χ2v) is 1.18. The van der Waals surface area contributed by atoms with Crippen molar-refractivity contribution < 1.29 is 19.7 Å². The van der Waals surface area contributed by atoms with E-state index >= 15 is 0 Å². The van der Waals surface area contributed by atoms with Crippen molar-refractivity contribution in [3.63, 3.8) is 0 Å². The molecule has 0 heterocycles. The van der Waals surface area contributed by atoms with Gasteiger partial charge in [-0.2, -0.15) is 5.26 Å². The Morgan fingerprint density at radius 3 is 1.88 bits per heavy atom. The molecule has 0 aromatic heterocycles. The van der Waals surface area contributed by atoms with Gasteiger partial charge in [0.05, 0.1) is 0 Å². The van der Waals surface area contributed by atoms with E-state index in [0.29, 0.717) is 0 Å². The van der Waals surface area contributed by atoms with Gasteiger partial charge in [-0.25, -0.2) is 4.39 Å². The molecule has 0 aromatic rings. The molecule has 0 rings (SSSR count). The maximum Gasteiger partial charge on any atom is 0.322 e. The summed E-state index contributed by atoms with van der Waals surface area (Å²) < 4.78 is 11.5. The minimum Gasteiger partial charge on any atom is -0.340 e. The second-order valence-electron chi connectivity index (χ2n) is 1.18. The van der Waals surface area contributed by atoms with Gasteiger partial charge in [0.1, 0.15) is 6.07 Å². The summed E-state index contributed by atoms with van der Waals surface area (Å²) >= 11 is 0. The van der Waals surface area contributed by atoms with Crippen LogP contribution in [0.15, 0.2) is 0 Å². The zero-order valence-corrected chi connectivity index (χ0v) is 3.74. The van der Waals surface area contributed by atoms with Gasteiger partial charge in [0.2, 0.25) is 0 Å². The van der Waals surface area contributed by atoms with Crippen LogP contribution in [-0.4, -0.2) is 27.5 Å². The van der Waals surface area contributed by atoms with Crippen LogP contribution in [0.4, 0.5) is 4.39 Å². The van der Waals surface area contributed by atoms with Crippen molar-refractivity contribution in [1.82, 2.24) is 0 Å². The molecule has 3 N–H and O–H groups in total. The van der Waals surface area contributed by atoms with Crippen LogP contribution in [0.3, 0.4) is 0 Å². The predicted octanol–water partition coefficient (Wildman–Crippen LogP) is -1.52. The van der Waals surface area contributed by atoms with Crippen LogP contribution < -0.4 is 0 Å². The van der Waals surface area contributed by atoms with Crippen molar-refractivity contribution in [1.29, 1.82) is 5.26 Å². The normalized spacial score (nSPS) is 14.9. The topological polar surface area (TPSA) is 84.5 Å². The van der Waals surface area contributed by atoms with Crippen LogP contribution in [0.1, 0.15) is 0 Å². The number of alkyl halides is 1. The first kappa shape index (κ1) is 7.30. The summed E-state index contributed by atoms with van der Waals surface area (Å²) in [6.07, 6.45) is -2.68. The highest BCUT2D eigenvalue weighted by atomic mass is 19.1. The molecular weight excluding hydrogens is 117 g/mol.